The van der Waals surface area contributed by atoms with E-state index in [4.69, 9.17) is 4.74 Å². The lowest BCUT2D eigenvalue weighted by molar-refractivity contribution is 0.419. The van der Waals surface area contributed by atoms with E-state index in [0.29, 0.717) is 22.8 Å². The maximum atomic E-state index is 13.3. The first-order valence-electron chi connectivity index (χ1n) is 9.13. The van der Waals surface area contributed by atoms with Gasteiger partial charge < -0.3 is 10.1 Å². The number of aromatic nitrogens is 3. The SMILES string of the molecule is C=C(S/C(C)=C\C)C(C)Nc1ncnc2c(OC)cc(-c3ccc(F)cn3)cc12. The second kappa shape index (κ2) is 9.05. The molecule has 2 heterocycles. The number of rotatable bonds is 7. The molecular formula is C22H23FN4OS. The third kappa shape index (κ3) is 4.74. The van der Waals surface area contributed by atoms with Crippen LogP contribution in [0.2, 0.25) is 0 Å². The number of pyridine rings is 1. The van der Waals surface area contributed by atoms with Gasteiger partial charge >= 0.3 is 0 Å². The third-order valence-electron chi connectivity index (χ3n) is 4.48. The Hall–Kier alpha value is -2.93. The van der Waals surface area contributed by atoms with Crippen molar-refractivity contribution in [3.63, 3.8) is 0 Å². The van der Waals surface area contributed by atoms with Crippen molar-refractivity contribution in [1.29, 1.82) is 0 Å². The molecule has 2 aromatic heterocycles. The van der Waals surface area contributed by atoms with Crippen molar-refractivity contribution >= 4 is 28.5 Å². The number of methoxy groups -OCH3 is 1. The molecular weight excluding hydrogens is 387 g/mol. The van der Waals surface area contributed by atoms with Crippen LogP contribution in [-0.2, 0) is 0 Å². The summed E-state index contributed by atoms with van der Waals surface area (Å²) in [5, 5.41) is 4.21. The first-order chi connectivity index (χ1) is 13.9. The predicted molar refractivity (Wildman–Crippen MR) is 119 cm³/mol. The second-order valence-corrected chi connectivity index (χ2v) is 7.86. The number of nitrogens with zero attached hydrogens (tertiary/aromatic N) is 3. The zero-order valence-corrected chi connectivity index (χ0v) is 17.7. The van der Waals surface area contributed by atoms with E-state index in [1.807, 2.05) is 26.0 Å². The van der Waals surface area contributed by atoms with Crippen LogP contribution in [0.5, 0.6) is 5.75 Å². The van der Waals surface area contributed by atoms with Gasteiger partial charge in [-0.05, 0) is 49.9 Å². The summed E-state index contributed by atoms with van der Waals surface area (Å²) in [6.07, 6.45) is 4.75. The molecule has 0 saturated heterocycles. The average molecular weight is 411 g/mol. The lowest BCUT2D eigenvalue weighted by atomic mass is 10.1. The van der Waals surface area contributed by atoms with Crippen LogP contribution in [0.4, 0.5) is 10.2 Å². The topological polar surface area (TPSA) is 59.9 Å². The molecule has 29 heavy (non-hydrogen) atoms. The van der Waals surface area contributed by atoms with Gasteiger partial charge in [0.05, 0.1) is 25.0 Å². The molecule has 0 aliphatic carbocycles. The lowest BCUT2D eigenvalue weighted by Gasteiger charge is -2.19. The summed E-state index contributed by atoms with van der Waals surface area (Å²) in [6.45, 7) is 10.3. The van der Waals surface area contributed by atoms with E-state index in [9.17, 15) is 4.39 Å². The van der Waals surface area contributed by atoms with Crippen LogP contribution in [0.15, 0.2) is 59.3 Å². The third-order valence-corrected chi connectivity index (χ3v) is 5.66. The van der Waals surface area contributed by atoms with E-state index in [0.717, 1.165) is 15.9 Å². The smallest absolute Gasteiger partial charge is 0.145 e. The van der Waals surface area contributed by atoms with Crippen LogP contribution in [0.1, 0.15) is 20.8 Å². The molecule has 0 aliphatic heterocycles. The molecule has 0 spiro atoms. The highest BCUT2D eigenvalue weighted by atomic mass is 32.2. The average Bonchev–Trinajstić information content (AvgIpc) is 2.73. The molecule has 0 radical (unpaired) electrons. The van der Waals surface area contributed by atoms with E-state index in [1.165, 1.54) is 23.5 Å². The number of fused-ring (bicyclic) bond motifs is 1. The van der Waals surface area contributed by atoms with Gasteiger partial charge in [0.1, 0.15) is 29.2 Å². The standard InChI is InChI=1S/C22H23FN4OS/c1-6-13(2)29-15(4)14(3)27-22-18-9-16(19-8-7-17(23)11-24-19)10-20(28-5)21(18)25-12-26-22/h6-12,14H,4H2,1-3,5H3,(H,25,26,27)/b13-6-. The van der Waals surface area contributed by atoms with Crippen LogP contribution in [0.25, 0.3) is 22.2 Å². The Morgan fingerprint density at radius 1 is 1.28 bits per heavy atom. The minimum absolute atomic E-state index is 0.0217. The molecule has 1 atom stereocenters. The lowest BCUT2D eigenvalue weighted by Crippen LogP contribution is -2.17. The number of hydrogen-bond donors (Lipinski definition) is 1. The number of nitrogens with one attached hydrogen (secondary N) is 1. The highest BCUT2D eigenvalue weighted by molar-refractivity contribution is 8.06. The summed E-state index contributed by atoms with van der Waals surface area (Å²) in [4.78, 5) is 15.2. The molecule has 0 aliphatic rings. The van der Waals surface area contributed by atoms with E-state index >= 15 is 0 Å². The zero-order chi connectivity index (χ0) is 21.0. The molecule has 7 heteroatoms. The molecule has 1 aromatic carbocycles. The van der Waals surface area contributed by atoms with E-state index < -0.39 is 0 Å². The molecule has 3 rings (SSSR count). The van der Waals surface area contributed by atoms with Crippen molar-refractivity contribution in [3.8, 4) is 17.0 Å². The number of benzene rings is 1. The molecule has 1 N–H and O–H groups in total. The number of hydrogen-bond acceptors (Lipinski definition) is 6. The predicted octanol–water partition coefficient (Wildman–Crippen LogP) is 5.81. The summed E-state index contributed by atoms with van der Waals surface area (Å²) < 4.78 is 18.8. The Balaban J connectivity index is 2.03. The van der Waals surface area contributed by atoms with Gasteiger partial charge in [-0.15, -0.1) is 0 Å². The van der Waals surface area contributed by atoms with Crippen molar-refractivity contribution in [2.75, 3.05) is 12.4 Å². The van der Waals surface area contributed by atoms with Crippen LogP contribution < -0.4 is 10.1 Å². The largest absolute Gasteiger partial charge is 0.494 e. The number of halogens is 1. The number of thioether (sulfide) groups is 1. The Morgan fingerprint density at radius 3 is 2.72 bits per heavy atom. The quantitative estimate of drug-likeness (QED) is 0.530. The van der Waals surface area contributed by atoms with Crippen LogP contribution in [-0.4, -0.2) is 28.1 Å². The fraction of sp³-hybridized carbons (Fsp3) is 0.227. The normalized spacial score (nSPS) is 12.7. The molecule has 0 amide bonds. The fourth-order valence-electron chi connectivity index (χ4n) is 2.74. The van der Waals surface area contributed by atoms with E-state index in [2.05, 4.69) is 39.8 Å². The Bertz CT molecular complexity index is 1070. The fourth-order valence-corrected chi connectivity index (χ4v) is 3.51. The maximum absolute atomic E-state index is 13.3. The Morgan fingerprint density at radius 2 is 2.07 bits per heavy atom. The second-order valence-electron chi connectivity index (χ2n) is 6.49. The Kier molecular flexibility index (Phi) is 6.49. The van der Waals surface area contributed by atoms with Crippen molar-refractivity contribution in [2.24, 2.45) is 0 Å². The summed E-state index contributed by atoms with van der Waals surface area (Å²) in [7, 11) is 1.59. The minimum Gasteiger partial charge on any atom is -0.494 e. The number of ether oxygens (including phenoxy) is 1. The van der Waals surface area contributed by atoms with Gasteiger partial charge in [0.25, 0.3) is 0 Å². The minimum atomic E-state index is -0.381. The highest BCUT2D eigenvalue weighted by Gasteiger charge is 2.15. The molecule has 5 nitrogen and oxygen atoms in total. The molecule has 1 unspecified atom stereocenters. The molecule has 150 valence electrons. The van der Waals surface area contributed by atoms with Gasteiger partial charge in [-0.1, -0.05) is 24.4 Å². The van der Waals surface area contributed by atoms with Gasteiger partial charge in [-0.25, -0.2) is 14.4 Å². The number of anilines is 1. The van der Waals surface area contributed by atoms with E-state index in [1.54, 1.807) is 24.9 Å². The van der Waals surface area contributed by atoms with Gasteiger partial charge in [0.2, 0.25) is 0 Å². The molecule has 0 bridgehead atoms. The Labute approximate surface area is 174 Å². The molecule has 0 fully saturated rings. The first kappa shape index (κ1) is 20.8. The van der Waals surface area contributed by atoms with Crippen molar-refractivity contribution in [3.05, 3.63) is 65.1 Å². The monoisotopic (exact) mass is 410 g/mol. The summed E-state index contributed by atoms with van der Waals surface area (Å²) >= 11 is 1.63. The highest BCUT2D eigenvalue weighted by Crippen LogP contribution is 2.34. The molecule has 0 saturated carbocycles. The van der Waals surface area contributed by atoms with Crippen LogP contribution in [0, 0.1) is 5.82 Å². The summed E-state index contributed by atoms with van der Waals surface area (Å²) in [6, 6.07) is 6.76. The maximum Gasteiger partial charge on any atom is 0.145 e. The van der Waals surface area contributed by atoms with Crippen molar-refractivity contribution < 1.29 is 9.13 Å². The first-order valence-corrected chi connectivity index (χ1v) is 9.95. The zero-order valence-electron chi connectivity index (χ0n) is 16.9. The summed E-state index contributed by atoms with van der Waals surface area (Å²) in [5.41, 5.74) is 2.11. The van der Waals surface area contributed by atoms with Gasteiger partial charge in [-0.3, -0.25) is 4.98 Å². The van der Waals surface area contributed by atoms with Crippen molar-refractivity contribution in [2.45, 2.75) is 26.8 Å². The van der Waals surface area contributed by atoms with Crippen LogP contribution >= 0.6 is 11.8 Å². The van der Waals surface area contributed by atoms with Gasteiger partial charge in [0, 0.05) is 15.9 Å². The van der Waals surface area contributed by atoms with Gasteiger partial charge in [0.15, 0.2) is 0 Å². The molecule has 3 aromatic rings. The van der Waals surface area contributed by atoms with E-state index in [-0.39, 0.29) is 11.9 Å². The van der Waals surface area contributed by atoms with Crippen molar-refractivity contribution in [1.82, 2.24) is 15.0 Å². The van der Waals surface area contributed by atoms with Gasteiger partial charge in [-0.2, -0.15) is 0 Å². The van der Waals surface area contributed by atoms with Crippen LogP contribution in [0.3, 0.4) is 0 Å². The number of allylic oxidation sites excluding steroid dienone is 2. The summed E-state index contributed by atoms with van der Waals surface area (Å²) in [5.74, 6) is 0.887.